The van der Waals surface area contributed by atoms with Crippen molar-refractivity contribution in [1.82, 2.24) is 10.2 Å². The van der Waals surface area contributed by atoms with Gasteiger partial charge in [-0.1, -0.05) is 0 Å². The Bertz CT molecular complexity index is 176. The molecule has 2 rings (SSSR count). The Labute approximate surface area is 99.5 Å². The molecule has 2 saturated heterocycles. The van der Waals surface area contributed by atoms with Crippen LogP contribution in [0.1, 0.15) is 33.1 Å². The molecule has 2 heterocycles. The van der Waals surface area contributed by atoms with E-state index in [-0.39, 0.29) is 0 Å². The maximum atomic E-state index is 5.43. The molecule has 3 atom stereocenters. The van der Waals surface area contributed by atoms with Crippen molar-refractivity contribution in [1.29, 1.82) is 0 Å². The fraction of sp³-hybridized carbons (Fsp3) is 1.00. The van der Waals surface area contributed by atoms with Gasteiger partial charge in [0.05, 0.1) is 6.61 Å². The third kappa shape index (κ3) is 3.19. The molecule has 0 saturated carbocycles. The number of nitrogens with zero attached hydrogens (tertiary/aromatic N) is 1. The minimum absolute atomic E-state index is 0.604. The van der Waals surface area contributed by atoms with E-state index >= 15 is 0 Å². The first-order chi connectivity index (χ1) is 7.77. The third-order valence-electron chi connectivity index (χ3n) is 4.17. The Morgan fingerprint density at radius 2 is 2.06 bits per heavy atom. The molecule has 0 radical (unpaired) electrons. The second-order valence-electron chi connectivity index (χ2n) is 5.41. The van der Waals surface area contributed by atoms with E-state index in [0.717, 1.165) is 25.7 Å². The molecule has 3 unspecified atom stereocenters. The zero-order chi connectivity index (χ0) is 11.4. The van der Waals surface area contributed by atoms with Crippen molar-refractivity contribution in [2.75, 3.05) is 32.8 Å². The lowest BCUT2D eigenvalue weighted by Crippen LogP contribution is -2.43. The van der Waals surface area contributed by atoms with E-state index in [2.05, 4.69) is 24.1 Å². The van der Waals surface area contributed by atoms with Crippen LogP contribution >= 0.6 is 0 Å². The van der Waals surface area contributed by atoms with Gasteiger partial charge in [-0.3, -0.25) is 4.90 Å². The van der Waals surface area contributed by atoms with E-state index in [1.807, 2.05) is 0 Å². The Morgan fingerprint density at radius 1 is 1.31 bits per heavy atom. The van der Waals surface area contributed by atoms with Crippen LogP contribution in [0.15, 0.2) is 0 Å². The Hall–Kier alpha value is -0.120. The first-order valence-electron chi connectivity index (χ1n) is 6.82. The molecule has 0 amide bonds. The predicted molar refractivity (Wildman–Crippen MR) is 66.7 cm³/mol. The van der Waals surface area contributed by atoms with Gasteiger partial charge in [-0.25, -0.2) is 0 Å². The maximum Gasteiger partial charge on any atom is 0.0509 e. The summed E-state index contributed by atoms with van der Waals surface area (Å²) in [7, 11) is 0. The quantitative estimate of drug-likeness (QED) is 0.768. The first-order valence-corrected chi connectivity index (χ1v) is 6.82. The fourth-order valence-corrected chi connectivity index (χ4v) is 2.78. The molecule has 3 heteroatoms. The van der Waals surface area contributed by atoms with Gasteiger partial charge in [0, 0.05) is 25.2 Å². The van der Waals surface area contributed by atoms with Crippen LogP contribution in [0.3, 0.4) is 0 Å². The van der Waals surface area contributed by atoms with E-state index in [1.54, 1.807) is 0 Å². The summed E-state index contributed by atoms with van der Waals surface area (Å²) >= 11 is 0. The smallest absolute Gasteiger partial charge is 0.0509 e. The van der Waals surface area contributed by atoms with E-state index < -0.39 is 0 Å². The number of ether oxygens (including phenoxy) is 1. The van der Waals surface area contributed by atoms with Gasteiger partial charge in [-0.05, 0) is 52.1 Å². The number of hydrogen-bond donors (Lipinski definition) is 1. The van der Waals surface area contributed by atoms with Crippen molar-refractivity contribution in [3.8, 4) is 0 Å². The Balaban J connectivity index is 1.65. The Kier molecular flexibility index (Phi) is 4.62. The minimum Gasteiger partial charge on any atom is -0.381 e. The van der Waals surface area contributed by atoms with Gasteiger partial charge in [0.1, 0.15) is 0 Å². The first kappa shape index (κ1) is 12.3. The lowest BCUT2D eigenvalue weighted by atomic mass is 10.0. The van der Waals surface area contributed by atoms with Gasteiger partial charge in [-0.2, -0.15) is 0 Å². The summed E-state index contributed by atoms with van der Waals surface area (Å²) in [6.07, 6.45) is 4.00. The van der Waals surface area contributed by atoms with E-state index in [1.165, 1.54) is 32.4 Å². The number of hydrogen-bond acceptors (Lipinski definition) is 3. The summed E-state index contributed by atoms with van der Waals surface area (Å²) in [6.45, 7) is 10.3. The minimum atomic E-state index is 0.604. The Morgan fingerprint density at radius 3 is 2.69 bits per heavy atom. The second kappa shape index (κ2) is 5.99. The second-order valence-corrected chi connectivity index (χ2v) is 5.41. The number of rotatable bonds is 5. The molecular weight excluding hydrogens is 200 g/mol. The molecular formula is C13H26N2O. The zero-order valence-electron chi connectivity index (χ0n) is 10.7. The summed E-state index contributed by atoms with van der Waals surface area (Å²) in [5, 5.41) is 3.68. The van der Waals surface area contributed by atoms with E-state index in [0.29, 0.717) is 12.1 Å². The van der Waals surface area contributed by atoms with Crippen LogP contribution in [-0.4, -0.2) is 49.8 Å². The lowest BCUT2D eigenvalue weighted by Gasteiger charge is -2.27. The van der Waals surface area contributed by atoms with Crippen molar-refractivity contribution in [2.24, 2.45) is 5.92 Å². The monoisotopic (exact) mass is 226 g/mol. The summed E-state index contributed by atoms with van der Waals surface area (Å²) < 4.78 is 5.43. The highest BCUT2D eigenvalue weighted by atomic mass is 16.5. The molecule has 0 aliphatic carbocycles. The molecule has 94 valence electrons. The van der Waals surface area contributed by atoms with Gasteiger partial charge >= 0.3 is 0 Å². The van der Waals surface area contributed by atoms with Crippen LogP contribution in [0.4, 0.5) is 0 Å². The topological polar surface area (TPSA) is 24.5 Å². The molecule has 2 fully saturated rings. The standard InChI is InChI=1S/C13H26N2O/c1-11(15-6-3-4-7-15)9-14-12(2)13-5-8-16-10-13/h11-14H,3-10H2,1-2H3. The van der Waals surface area contributed by atoms with Crippen LogP contribution < -0.4 is 5.32 Å². The largest absolute Gasteiger partial charge is 0.381 e. The molecule has 0 bridgehead atoms. The molecule has 16 heavy (non-hydrogen) atoms. The van der Waals surface area contributed by atoms with Crippen molar-refractivity contribution < 1.29 is 4.74 Å². The molecule has 0 aromatic heterocycles. The van der Waals surface area contributed by atoms with Gasteiger partial charge < -0.3 is 10.1 Å². The molecule has 2 aliphatic rings. The van der Waals surface area contributed by atoms with Gasteiger partial charge in [-0.15, -0.1) is 0 Å². The SMILES string of the molecule is CC(NCC(C)N1CCCC1)C1CCOC1. The third-order valence-corrected chi connectivity index (χ3v) is 4.17. The molecule has 2 aliphatic heterocycles. The fourth-order valence-electron chi connectivity index (χ4n) is 2.78. The average Bonchev–Trinajstić information content (AvgIpc) is 2.95. The highest BCUT2D eigenvalue weighted by Gasteiger charge is 2.23. The van der Waals surface area contributed by atoms with Crippen LogP contribution in [0.2, 0.25) is 0 Å². The van der Waals surface area contributed by atoms with Crippen molar-refractivity contribution in [2.45, 2.75) is 45.2 Å². The van der Waals surface area contributed by atoms with Gasteiger partial charge in [0.15, 0.2) is 0 Å². The van der Waals surface area contributed by atoms with Gasteiger partial charge in [0.2, 0.25) is 0 Å². The van der Waals surface area contributed by atoms with Crippen molar-refractivity contribution >= 4 is 0 Å². The maximum absolute atomic E-state index is 5.43. The zero-order valence-corrected chi connectivity index (χ0v) is 10.7. The van der Waals surface area contributed by atoms with Crippen LogP contribution in [0, 0.1) is 5.92 Å². The molecule has 0 spiro atoms. The highest BCUT2D eigenvalue weighted by molar-refractivity contribution is 4.79. The normalized spacial score (nSPS) is 30.8. The molecule has 3 nitrogen and oxygen atoms in total. The molecule has 0 aromatic carbocycles. The van der Waals surface area contributed by atoms with E-state index in [9.17, 15) is 0 Å². The summed E-state index contributed by atoms with van der Waals surface area (Å²) in [5.74, 6) is 0.728. The summed E-state index contributed by atoms with van der Waals surface area (Å²) in [4.78, 5) is 2.60. The average molecular weight is 226 g/mol. The van der Waals surface area contributed by atoms with Gasteiger partial charge in [0.25, 0.3) is 0 Å². The van der Waals surface area contributed by atoms with E-state index in [4.69, 9.17) is 4.74 Å². The number of nitrogens with one attached hydrogen (secondary N) is 1. The van der Waals surface area contributed by atoms with Crippen LogP contribution in [-0.2, 0) is 4.74 Å². The highest BCUT2D eigenvalue weighted by Crippen LogP contribution is 2.17. The summed E-state index contributed by atoms with van der Waals surface area (Å²) in [5.41, 5.74) is 0. The van der Waals surface area contributed by atoms with Crippen molar-refractivity contribution in [3.05, 3.63) is 0 Å². The van der Waals surface area contributed by atoms with Crippen molar-refractivity contribution in [3.63, 3.8) is 0 Å². The molecule has 1 N–H and O–H groups in total. The van der Waals surface area contributed by atoms with Crippen LogP contribution in [0.25, 0.3) is 0 Å². The van der Waals surface area contributed by atoms with Crippen LogP contribution in [0.5, 0.6) is 0 Å². The summed E-state index contributed by atoms with van der Waals surface area (Å²) in [6, 6.07) is 1.29. The lowest BCUT2D eigenvalue weighted by molar-refractivity contribution is 0.175. The molecule has 0 aromatic rings. The predicted octanol–water partition coefficient (Wildman–Crippen LogP) is 1.49. The number of likely N-dealkylation sites (tertiary alicyclic amines) is 1.